The molecular weight excluding hydrogens is 194 g/mol. The van der Waals surface area contributed by atoms with E-state index >= 15 is 0 Å². The third kappa shape index (κ3) is 2.02. The van der Waals surface area contributed by atoms with E-state index in [1.807, 2.05) is 0 Å². The van der Waals surface area contributed by atoms with Crippen LogP contribution in [0.1, 0.15) is 11.3 Å². The van der Waals surface area contributed by atoms with E-state index in [-0.39, 0.29) is 13.0 Å². The SMILES string of the molecule is Cn1c(CC(=O)O)cc(CO)c1Cl. The highest BCUT2D eigenvalue weighted by Gasteiger charge is 2.11. The molecule has 0 aliphatic heterocycles. The molecule has 0 aliphatic rings. The van der Waals surface area contributed by atoms with E-state index in [9.17, 15) is 4.79 Å². The van der Waals surface area contributed by atoms with Gasteiger partial charge < -0.3 is 14.8 Å². The summed E-state index contributed by atoms with van der Waals surface area (Å²) in [5.41, 5.74) is 1.14. The Kier molecular flexibility index (Phi) is 2.95. The molecule has 13 heavy (non-hydrogen) atoms. The van der Waals surface area contributed by atoms with Crippen molar-refractivity contribution in [2.75, 3.05) is 0 Å². The van der Waals surface area contributed by atoms with E-state index in [0.717, 1.165) is 0 Å². The first-order valence-electron chi connectivity index (χ1n) is 3.72. The van der Waals surface area contributed by atoms with Gasteiger partial charge in [-0.2, -0.15) is 0 Å². The van der Waals surface area contributed by atoms with Crippen molar-refractivity contribution in [1.29, 1.82) is 0 Å². The van der Waals surface area contributed by atoms with Crippen LogP contribution in [0.3, 0.4) is 0 Å². The van der Waals surface area contributed by atoms with Crippen LogP contribution in [0.4, 0.5) is 0 Å². The maximum atomic E-state index is 10.4. The van der Waals surface area contributed by atoms with E-state index in [1.54, 1.807) is 17.7 Å². The van der Waals surface area contributed by atoms with Crippen molar-refractivity contribution < 1.29 is 15.0 Å². The van der Waals surface area contributed by atoms with Crippen molar-refractivity contribution in [2.24, 2.45) is 7.05 Å². The van der Waals surface area contributed by atoms with Crippen molar-refractivity contribution in [2.45, 2.75) is 13.0 Å². The average molecular weight is 204 g/mol. The van der Waals surface area contributed by atoms with Crippen molar-refractivity contribution in [3.05, 3.63) is 22.5 Å². The first kappa shape index (κ1) is 10.1. The number of aliphatic hydroxyl groups excluding tert-OH is 1. The summed E-state index contributed by atoms with van der Waals surface area (Å²) in [4.78, 5) is 10.4. The molecule has 1 aromatic heterocycles. The highest BCUT2D eigenvalue weighted by Crippen LogP contribution is 2.20. The molecule has 1 heterocycles. The lowest BCUT2D eigenvalue weighted by atomic mass is 10.3. The van der Waals surface area contributed by atoms with E-state index < -0.39 is 5.97 Å². The van der Waals surface area contributed by atoms with Crippen LogP contribution in [-0.2, 0) is 24.9 Å². The van der Waals surface area contributed by atoms with Crippen LogP contribution < -0.4 is 0 Å². The number of carbonyl (C=O) groups is 1. The Bertz CT molecular complexity index is 332. The van der Waals surface area contributed by atoms with E-state index in [4.69, 9.17) is 21.8 Å². The summed E-state index contributed by atoms with van der Waals surface area (Å²) in [6.07, 6.45) is -0.0871. The number of carboxylic acid groups (broad SMARTS) is 1. The smallest absolute Gasteiger partial charge is 0.309 e. The topological polar surface area (TPSA) is 62.5 Å². The van der Waals surface area contributed by atoms with E-state index in [0.29, 0.717) is 16.4 Å². The summed E-state index contributed by atoms with van der Waals surface area (Å²) in [6, 6.07) is 1.59. The summed E-state index contributed by atoms with van der Waals surface area (Å²) in [5.74, 6) is -0.915. The molecule has 0 spiro atoms. The molecule has 0 saturated heterocycles. The Morgan fingerprint density at radius 3 is 2.69 bits per heavy atom. The molecule has 0 bridgehead atoms. The summed E-state index contributed by atoms with van der Waals surface area (Å²) in [6.45, 7) is -0.174. The van der Waals surface area contributed by atoms with Gasteiger partial charge in [0.2, 0.25) is 0 Å². The molecule has 1 rings (SSSR count). The Morgan fingerprint density at radius 1 is 1.69 bits per heavy atom. The lowest BCUT2D eigenvalue weighted by molar-refractivity contribution is -0.136. The molecule has 0 aromatic carbocycles. The highest BCUT2D eigenvalue weighted by atomic mass is 35.5. The number of hydrogen-bond donors (Lipinski definition) is 2. The largest absolute Gasteiger partial charge is 0.481 e. The number of aliphatic hydroxyl groups is 1. The van der Waals surface area contributed by atoms with Crippen LogP contribution in [0.2, 0.25) is 5.15 Å². The van der Waals surface area contributed by atoms with Crippen LogP contribution in [0.15, 0.2) is 6.07 Å². The summed E-state index contributed by atoms with van der Waals surface area (Å²) < 4.78 is 1.56. The predicted octanol–water partition coefficient (Wildman–Crippen LogP) is 0.798. The van der Waals surface area contributed by atoms with Crippen molar-refractivity contribution in [3.63, 3.8) is 0 Å². The van der Waals surface area contributed by atoms with Gasteiger partial charge in [-0.3, -0.25) is 4.79 Å². The van der Waals surface area contributed by atoms with E-state index in [1.165, 1.54) is 0 Å². The van der Waals surface area contributed by atoms with Crippen LogP contribution in [0.5, 0.6) is 0 Å². The zero-order valence-corrected chi connectivity index (χ0v) is 7.88. The minimum atomic E-state index is -0.915. The zero-order valence-electron chi connectivity index (χ0n) is 7.12. The van der Waals surface area contributed by atoms with Crippen LogP contribution in [0.25, 0.3) is 0 Å². The standard InChI is InChI=1S/C8H10ClNO3/c1-10-6(3-7(12)13)2-5(4-11)8(10)9/h2,11H,3-4H2,1H3,(H,12,13). The van der Waals surface area contributed by atoms with Gasteiger partial charge in [-0.25, -0.2) is 0 Å². The van der Waals surface area contributed by atoms with Gasteiger partial charge in [-0.1, -0.05) is 11.6 Å². The maximum absolute atomic E-state index is 10.4. The van der Waals surface area contributed by atoms with Crippen molar-refractivity contribution in [1.82, 2.24) is 4.57 Å². The number of halogens is 1. The summed E-state index contributed by atoms with van der Waals surface area (Å²) in [7, 11) is 1.67. The molecule has 0 atom stereocenters. The number of aliphatic carboxylic acids is 1. The normalized spacial score (nSPS) is 10.4. The molecule has 0 unspecified atom stereocenters. The number of rotatable bonds is 3. The van der Waals surface area contributed by atoms with Crippen molar-refractivity contribution >= 4 is 17.6 Å². The first-order valence-corrected chi connectivity index (χ1v) is 4.09. The molecule has 5 heteroatoms. The quantitative estimate of drug-likeness (QED) is 0.764. The molecular formula is C8H10ClNO3. The molecule has 0 amide bonds. The number of hydrogen-bond acceptors (Lipinski definition) is 2. The van der Waals surface area contributed by atoms with E-state index in [2.05, 4.69) is 0 Å². The van der Waals surface area contributed by atoms with Gasteiger partial charge in [0.25, 0.3) is 0 Å². The van der Waals surface area contributed by atoms with Gasteiger partial charge in [0.15, 0.2) is 0 Å². The Balaban J connectivity index is 3.02. The average Bonchev–Trinajstić information content (AvgIpc) is 2.32. The lowest BCUT2D eigenvalue weighted by Gasteiger charge is -2.00. The molecule has 2 N–H and O–H groups in total. The van der Waals surface area contributed by atoms with Crippen LogP contribution >= 0.6 is 11.6 Å². The molecule has 0 aliphatic carbocycles. The monoisotopic (exact) mass is 203 g/mol. The van der Waals surface area contributed by atoms with Gasteiger partial charge in [0.1, 0.15) is 5.15 Å². The Morgan fingerprint density at radius 2 is 2.31 bits per heavy atom. The fraction of sp³-hybridized carbons (Fsp3) is 0.375. The number of carboxylic acids is 1. The van der Waals surface area contributed by atoms with Crippen LogP contribution in [0, 0.1) is 0 Å². The summed E-state index contributed by atoms with van der Waals surface area (Å²) >= 11 is 5.81. The number of aromatic nitrogens is 1. The molecule has 4 nitrogen and oxygen atoms in total. The minimum Gasteiger partial charge on any atom is -0.481 e. The molecule has 0 saturated carbocycles. The number of nitrogens with zero attached hydrogens (tertiary/aromatic N) is 1. The van der Waals surface area contributed by atoms with Gasteiger partial charge in [-0.15, -0.1) is 0 Å². The van der Waals surface area contributed by atoms with Gasteiger partial charge in [0.05, 0.1) is 13.0 Å². The highest BCUT2D eigenvalue weighted by molar-refractivity contribution is 6.30. The lowest BCUT2D eigenvalue weighted by Crippen LogP contribution is -2.04. The fourth-order valence-electron chi connectivity index (χ4n) is 1.13. The fourth-order valence-corrected chi connectivity index (χ4v) is 1.36. The van der Waals surface area contributed by atoms with Crippen molar-refractivity contribution in [3.8, 4) is 0 Å². The predicted molar refractivity (Wildman–Crippen MR) is 47.7 cm³/mol. The molecule has 0 radical (unpaired) electrons. The van der Waals surface area contributed by atoms with Gasteiger partial charge in [0, 0.05) is 18.3 Å². The second kappa shape index (κ2) is 3.81. The second-order valence-electron chi connectivity index (χ2n) is 2.74. The third-order valence-electron chi connectivity index (χ3n) is 1.83. The van der Waals surface area contributed by atoms with Gasteiger partial charge in [-0.05, 0) is 6.07 Å². The van der Waals surface area contributed by atoms with Gasteiger partial charge >= 0.3 is 5.97 Å². The van der Waals surface area contributed by atoms with Crippen LogP contribution in [-0.4, -0.2) is 20.7 Å². The maximum Gasteiger partial charge on any atom is 0.309 e. The summed E-state index contributed by atoms with van der Waals surface area (Å²) in [5, 5.41) is 17.8. The Hall–Kier alpha value is -1.00. The second-order valence-corrected chi connectivity index (χ2v) is 3.10. The third-order valence-corrected chi connectivity index (χ3v) is 2.33. The minimum absolute atomic E-state index is 0.0871. The first-order chi connectivity index (χ1) is 6.06. The molecule has 0 fully saturated rings. The Labute approximate surface area is 80.4 Å². The zero-order chi connectivity index (χ0) is 10.0. The molecule has 1 aromatic rings. The molecule has 72 valence electrons.